The van der Waals surface area contributed by atoms with Gasteiger partial charge in [0.15, 0.2) is 0 Å². The lowest BCUT2D eigenvalue weighted by molar-refractivity contribution is 0.0697. The number of benzene rings is 2. The quantitative estimate of drug-likeness (QED) is 0.745. The van der Waals surface area contributed by atoms with Gasteiger partial charge in [-0.05, 0) is 36.4 Å². The van der Waals surface area contributed by atoms with Gasteiger partial charge in [0.25, 0.3) is 0 Å². The summed E-state index contributed by atoms with van der Waals surface area (Å²) in [4.78, 5) is 15.5. The van der Waals surface area contributed by atoms with Crippen molar-refractivity contribution in [2.75, 3.05) is 19.5 Å². The van der Waals surface area contributed by atoms with Gasteiger partial charge in [-0.2, -0.15) is 0 Å². The minimum atomic E-state index is -0.975. The standard InChI is InChI=1S/C18H16N2O4/c1-23-14-6-7-15(24-2)17-16(14)13(8-9-19-17)20-12-5-3-4-11(10-12)18(21)22/h3-10H,1-2H3,(H,19,20)(H,21,22). The molecule has 1 heterocycles. The van der Waals surface area contributed by atoms with Crippen LogP contribution in [0.15, 0.2) is 48.7 Å². The number of nitrogens with zero attached hydrogens (tertiary/aromatic N) is 1. The van der Waals surface area contributed by atoms with Crippen molar-refractivity contribution < 1.29 is 19.4 Å². The van der Waals surface area contributed by atoms with Crippen LogP contribution in [-0.2, 0) is 0 Å². The van der Waals surface area contributed by atoms with E-state index in [0.717, 1.165) is 11.1 Å². The molecule has 24 heavy (non-hydrogen) atoms. The number of aromatic nitrogens is 1. The number of aromatic carboxylic acids is 1. The van der Waals surface area contributed by atoms with Gasteiger partial charge < -0.3 is 19.9 Å². The van der Waals surface area contributed by atoms with Crippen LogP contribution in [0.3, 0.4) is 0 Å². The Bertz CT molecular complexity index is 909. The number of nitrogens with one attached hydrogen (secondary N) is 1. The van der Waals surface area contributed by atoms with Crippen molar-refractivity contribution in [1.29, 1.82) is 0 Å². The molecule has 0 atom stereocenters. The molecule has 3 aromatic rings. The lowest BCUT2D eigenvalue weighted by atomic mass is 10.1. The van der Waals surface area contributed by atoms with E-state index in [0.29, 0.717) is 22.7 Å². The van der Waals surface area contributed by atoms with E-state index in [1.807, 2.05) is 6.07 Å². The van der Waals surface area contributed by atoms with Gasteiger partial charge in [-0.1, -0.05) is 6.07 Å². The summed E-state index contributed by atoms with van der Waals surface area (Å²) in [5, 5.41) is 13.1. The van der Waals surface area contributed by atoms with E-state index in [1.165, 1.54) is 0 Å². The minimum absolute atomic E-state index is 0.211. The van der Waals surface area contributed by atoms with E-state index >= 15 is 0 Å². The first kappa shape index (κ1) is 15.6. The van der Waals surface area contributed by atoms with E-state index in [1.54, 1.807) is 56.8 Å². The summed E-state index contributed by atoms with van der Waals surface area (Å²) in [5.41, 5.74) is 2.28. The molecule has 122 valence electrons. The van der Waals surface area contributed by atoms with Crippen LogP contribution >= 0.6 is 0 Å². The molecule has 0 spiro atoms. The Kier molecular flexibility index (Phi) is 4.20. The highest BCUT2D eigenvalue weighted by Gasteiger charge is 2.13. The largest absolute Gasteiger partial charge is 0.496 e. The van der Waals surface area contributed by atoms with Crippen LogP contribution in [0.2, 0.25) is 0 Å². The second-order valence-electron chi connectivity index (χ2n) is 5.06. The van der Waals surface area contributed by atoms with Crippen molar-refractivity contribution in [2.24, 2.45) is 0 Å². The fourth-order valence-corrected chi connectivity index (χ4v) is 2.54. The lowest BCUT2D eigenvalue weighted by Crippen LogP contribution is -1.99. The van der Waals surface area contributed by atoms with Gasteiger partial charge in [0.2, 0.25) is 0 Å². The van der Waals surface area contributed by atoms with Crippen molar-refractivity contribution in [3.8, 4) is 11.5 Å². The summed E-state index contributed by atoms with van der Waals surface area (Å²) in [5.74, 6) is 0.307. The summed E-state index contributed by atoms with van der Waals surface area (Å²) in [7, 11) is 3.17. The van der Waals surface area contributed by atoms with Gasteiger partial charge in [0, 0.05) is 11.9 Å². The number of carbonyl (C=O) groups is 1. The highest BCUT2D eigenvalue weighted by Crippen LogP contribution is 2.37. The maximum absolute atomic E-state index is 11.1. The average Bonchev–Trinajstić information content (AvgIpc) is 2.61. The molecular weight excluding hydrogens is 308 g/mol. The molecule has 0 amide bonds. The van der Waals surface area contributed by atoms with Crippen molar-refractivity contribution in [3.05, 3.63) is 54.2 Å². The number of hydrogen-bond donors (Lipinski definition) is 2. The van der Waals surface area contributed by atoms with E-state index in [4.69, 9.17) is 14.6 Å². The molecule has 0 aliphatic carbocycles. The summed E-state index contributed by atoms with van der Waals surface area (Å²) < 4.78 is 10.8. The molecule has 0 saturated heterocycles. The lowest BCUT2D eigenvalue weighted by Gasteiger charge is -2.14. The van der Waals surface area contributed by atoms with Crippen molar-refractivity contribution in [3.63, 3.8) is 0 Å². The Morgan fingerprint density at radius 2 is 1.83 bits per heavy atom. The number of carboxylic acids is 1. The second-order valence-corrected chi connectivity index (χ2v) is 5.06. The molecule has 0 bridgehead atoms. The number of anilines is 2. The molecule has 6 nitrogen and oxygen atoms in total. The summed E-state index contributed by atoms with van der Waals surface area (Å²) in [6, 6.07) is 12.0. The zero-order chi connectivity index (χ0) is 17.1. The average molecular weight is 324 g/mol. The van der Waals surface area contributed by atoms with Gasteiger partial charge in [0.1, 0.15) is 17.0 Å². The molecule has 0 fully saturated rings. The van der Waals surface area contributed by atoms with E-state index in [2.05, 4.69) is 10.3 Å². The maximum atomic E-state index is 11.1. The first-order valence-corrected chi connectivity index (χ1v) is 7.24. The molecule has 2 N–H and O–H groups in total. The summed E-state index contributed by atoms with van der Waals surface area (Å²) in [6.07, 6.45) is 1.66. The SMILES string of the molecule is COc1ccc(OC)c2c(Nc3cccc(C(=O)O)c3)ccnc12. The fraction of sp³-hybridized carbons (Fsp3) is 0.111. The molecule has 1 aromatic heterocycles. The smallest absolute Gasteiger partial charge is 0.335 e. The topological polar surface area (TPSA) is 80.7 Å². The Labute approximate surface area is 138 Å². The van der Waals surface area contributed by atoms with Crippen LogP contribution < -0.4 is 14.8 Å². The molecule has 6 heteroatoms. The Morgan fingerprint density at radius 1 is 1.08 bits per heavy atom. The van der Waals surface area contributed by atoms with E-state index in [9.17, 15) is 4.79 Å². The number of hydrogen-bond acceptors (Lipinski definition) is 5. The zero-order valence-corrected chi connectivity index (χ0v) is 13.2. The van der Waals surface area contributed by atoms with Crippen LogP contribution in [0.1, 0.15) is 10.4 Å². The van der Waals surface area contributed by atoms with Crippen molar-refractivity contribution in [1.82, 2.24) is 4.98 Å². The summed E-state index contributed by atoms with van der Waals surface area (Å²) >= 11 is 0. The molecule has 0 unspecified atom stereocenters. The fourth-order valence-electron chi connectivity index (χ4n) is 2.54. The van der Waals surface area contributed by atoms with Gasteiger partial charge in [-0.3, -0.25) is 4.98 Å². The predicted molar refractivity (Wildman–Crippen MR) is 91.5 cm³/mol. The van der Waals surface area contributed by atoms with Gasteiger partial charge in [-0.25, -0.2) is 4.79 Å². The van der Waals surface area contributed by atoms with Crippen LogP contribution in [0, 0.1) is 0 Å². The Balaban J connectivity index is 2.13. The third-order valence-corrected chi connectivity index (χ3v) is 3.65. The Hall–Kier alpha value is -3.28. The van der Waals surface area contributed by atoms with Gasteiger partial charge >= 0.3 is 5.97 Å². The number of carboxylic acid groups (broad SMARTS) is 1. The molecule has 0 aliphatic rings. The number of ether oxygens (including phenoxy) is 2. The molecule has 0 aliphatic heterocycles. The number of methoxy groups -OCH3 is 2. The molecule has 0 radical (unpaired) electrons. The first-order chi connectivity index (χ1) is 11.6. The number of pyridine rings is 1. The maximum Gasteiger partial charge on any atom is 0.335 e. The predicted octanol–water partition coefficient (Wildman–Crippen LogP) is 3.69. The molecule has 0 saturated carbocycles. The third kappa shape index (κ3) is 2.81. The van der Waals surface area contributed by atoms with Gasteiger partial charge in [0.05, 0.1) is 30.9 Å². The molecular formula is C18H16N2O4. The first-order valence-electron chi connectivity index (χ1n) is 7.24. The number of rotatable bonds is 5. The van der Waals surface area contributed by atoms with Gasteiger partial charge in [-0.15, -0.1) is 0 Å². The van der Waals surface area contributed by atoms with Crippen molar-refractivity contribution in [2.45, 2.75) is 0 Å². The van der Waals surface area contributed by atoms with Crippen molar-refractivity contribution >= 4 is 28.2 Å². The van der Waals surface area contributed by atoms with Crippen LogP contribution in [0.4, 0.5) is 11.4 Å². The molecule has 3 rings (SSSR count). The normalized spacial score (nSPS) is 10.4. The monoisotopic (exact) mass is 324 g/mol. The highest BCUT2D eigenvalue weighted by atomic mass is 16.5. The Morgan fingerprint density at radius 3 is 2.54 bits per heavy atom. The minimum Gasteiger partial charge on any atom is -0.496 e. The molecule has 2 aromatic carbocycles. The second kappa shape index (κ2) is 6.45. The zero-order valence-electron chi connectivity index (χ0n) is 13.2. The third-order valence-electron chi connectivity index (χ3n) is 3.65. The number of fused-ring (bicyclic) bond motifs is 1. The van der Waals surface area contributed by atoms with Crippen LogP contribution in [-0.4, -0.2) is 30.3 Å². The van der Waals surface area contributed by atoms with Crippen LogP contribution in [0.5, 0.6) is 11.5 Å². The van der Waals surface area contributed by atoms with Crippen LogP contribution in [0.25, 0.3) is 10.9 Å². The highest BCUT2D eigenvalue weighted by molar-refractivity contribution is 6.01. The van der Waals surface area contributed by atoms with E-state index < -0.39 is 5.97 Å². The summed E-state index contributed by atoms with van der Waals surface area (Å²) in [6.45, 7) is 0. The van der Waals surface area contributed by atoms with E-state index in [-0.39, 0.29) is 5.56 Å².